The van der Waals surface area contributed by atoms with Crippen LogP contribution < -0.4 is 0 Å². The van der Waals surface area contributed by atoms with Crippen molar-refractivity contribution in [2.45, 2.75) is 38.6 Å². The quantitative estimate of drug-likeness (QED) is 0.555. The molecule has 0 aromatic heterocycles. The molecule has 18 heavy (non-hydrogen) atoms. The van der Waals surface area contributed by atoms with Crippen LogP contribution in [0, 0.1) is 0 Å². The molecule has 0 unspecified atom stereocenters. The molecular weight excluding hydrogens is 396 g/mol. The van der Waals surface area contributed by atoms with E-state index in [1.807, 2.05) is 6.07 Å². The third-order valence-electron chi connectivity index (χ3n) is 3.33. The van der Waals surface area contributed by atoms with Gasteiger partial charge in [-0.2, -0.15) is 0 Å². The summed E-state index contributed by atoms with van der Waals surface area (Å²) in [7, 11) is -4.80. The molecule has 0 heterocycles. The van der Waals surface area contributed by atoms with Crippen molar-refractivity contribution in [3.05, 3.63) is 30.3 Å². The molecule has 0 radical (unpaired) electrons. The minimum atomic E-state index is -3.26. The Kier molecular flexibility index (Phi) is 3.63. The van der Waals surface area contributed by atoms with E-state index in [0.717, 1.165) is 0 Å². The third kappa shape index (κ3) is 2.37. The molecule has 0 N–H and O–H groups in total. The molecule has 1 saturated carbocycles. The second-order valence-corrected chi connectivity index (χ2v) is 16.9. The second kappa shape index (κ2) is 4.43. The van der Waals surface area contributed by atoms with Gasteiger partial charge >= 0.3 is 0 Å². The molecule has 0 amide bonds. The molecule has 100 valence electrons. The van der Waals surface area contributed by atoms with Crippen LogP contribution in [0.15, 0.2) is 35.2 Å². The first-order valence-electron chi connectivity index (χ1n) is 5.76. The molecule has 2 atom stereocenters. The first-order valence-corrected chi connectivity index (χ1v) is 12.5. The van der Waals surface area contributed by atoms with Gasteiger partial charge in [0.2, 0.25) is 0 Å². The van der Waals surface area contributed by atoms with Crippen LogP contribution in [-0.4, -0.2) is 25.0 Å². The minimum Gasteiger partial charge on any atom is -0.223 e. The van der Waals surface area contributed by atoms with Crippen LogP contribution in [0.4, 0.5) is 0 Å². The normalized spacial score (nSPS) is 26.9. The van der Waals surface area contributed by atoms with Crippen molar-refractivity contribution in [1.82, 2.24) is 0 Å². The molecule has 0 aliphatic heterocycles. The minimum absolute atomic E-state index is 0.190. The van der Waals surface area contributed by atoms with Gasteiger partial charge in [-0.1, -0.05) is 69.7 Å². The largest absolute Gasteiger partial charge is 0.223 e. The zero-order valence-electron chi connectivity index (χ0n) is 10.5. The molecule has 1 fully saturated rings. The molecule has 6 heteroatoms. The summed E-state index contributed by atoms with van der Waals surface area (Å²) in [5.41, 5.74) is 0.190. The SMILES string of the molecule is C[Si](C)(C)[C@H]1[C@H](S(=O)(=O)c2ccccc2)C1(Br)Br. The highest BCUT2D eigenvalue weighted by atomic mass is 79.9. The first kappa shape index (κ1) is 14.7. The predicted octanol–water partition coefficient (Wildman–Crippen LogP) is 4.04. The summed E-state index contributed by atoms with van der Waals surface area (Å²) < 4.78 is 24.8. The Morgan fingerprint density at radius 1 is 1.11 bits per heavy atom. The number of hydrogen-bond donors (Lipinski definition) is 0. The van der Waals surface area contributed by atoms with E-state index in [-0.39, 0.29) is 10.8 Å². The van der Waals surface area contributed by atoms with Crippen molar-refractivity contribution in [3.8, 4) is 0 Å². The van der Waals surface area contributed by atoms with Crippen molar-refractivity contribution >= 4 is 49.8 Å². The zero-order chi connectivity index (χ0) is 13.8. The molecule has 1 aromatic carbocycles. The van der Waals surface area contributed by atoms with E-state index in [9.17, 15) is 8.42 Å². The Bertz CT molecular complexity index is 549. The Labute approximate surface area is 126 Å². The Morgan fingerprint density at radius 2 is 1.61 bits per heavy atom. The maximum atomic E-state index is 12.6. The topological polar surface area (TPSA) is 34.1 Å². The van der Waals surface area contributed by atoms with Crippen LogP contribution in [0.3, 0.4) is 0 Å². The Morgan fingerprint density at radius 3 is 2.00 bits per heavy atom. The van der Waals surface area contributed by atoms with Gasteiger partial charge < -0.3 is 0 Å². The molecule has 0 saturated heterocycles. The Hall–Kier alpha value is 0.347. The Balaban J connectivity index is 2.41. The van der Waals surface area contributed by atoms with Gasteiger partial charge in [0.25, 0.3) is 0 Å². The van der Waals surface area contributed by atoms with Crippen LogP contribution >= 0.6 is 31.9 Å². The maximum Gasteiger partial charge on any atom is 0.183 e. The summed E-state index contributed by atoms with van der Waals surface area (Å²) in [6.45, 7) is 6.61. The summed E-state index contributed by atoms with van der Waals surface area (Å²) in [4.78, 5) is 0.416. The average Bonchev–Trinajstić information content (AvgIpc) is 2.84. The molecule has 0 bridgehead atoms. The van der Waals surface area contributed by atoms with Crippen molar-refractivity contribution in [2.75, 3.05) is 0 Å². The maximum absolute atomic E-state index is 12.6. The van der Waals surface area contributed by atoms with Gasteiger partial charge in [0, 0.05) is 0 Å². The van der Waals surface area contributed by atoms with E-state index >= 15 is 0 Å². The highest BCUT2D eigenvalue weighted by molar-refractivity contribution is 9.25. The average molecular weight is 412 g/mol. The van der Waals surface area contributed by atoms with E-state index in [1.165, 1.54) is 0 Å². The van der Waals surface area contributed by atoms with Crippen LogP contribution in [-0.2, 0) is 9.84 Å². The van der Waals surface area contributed by atoms with E-state index in [1.54, 1.807) is 24.3 Å². The number of hydrogen-bond acceptors (Lipinski definition) is 2. The van der Waals surface area contributed by atoms with Gasteiger partial charge in [-0.05, 0) is 17.7 Å². The van der Waals surface area contributed by atoms with E-state index in [4.69, 9.17) is 0 Å². The molecule has 1 aliphatic rings. The third-order valence-corrected chi connectivity index (χ3v) is 11.9. The van der Waals surface area contributed by atoms with Crippen molar-refractivity contribution in [3.63, 3.8) is 0 Å². The second-order valence-electron chi connectivity index (χ2n) is 5.80. The molecule has 2 nitrogen and oxygen atoms in total. The monoisotopic (exact) mass is 410 g/mol. The summed E-state index contributed by atoms with van der Waals surface area (Å²) >= 11 is 7.12. The molecule has 2 rings (SSSR count). The number of halogens is 2. The van der Waals surface area contributed by atoms with Gasteiger partial charge in [-0.3, -0.25) is 0 Å². The molecule has 0 spiro atoms. The lowest BCUT2D eigenvalue weighted by molar-refractivity contribution is 0.594. The zero-order valence-corrected chi connectivity index (χ0v) is 15.5. The standard InChI is InChI=1S/C12H16Br2O2SSi/c1-18(2,3)11-10(12(11,13)14)17(15,16)9-7-5-4-6-8-9/h4-8,10-11H,1-3H3/t10-,11-/m0/s1. The van der Waals surface area contributed by atoms with Gasteiger partial charge in [-0.15, -0.1) is 0 Å². The van der Waals surface area contributed by atoms with Crippen molar-refractivity contribution in [2.24, 2.45) is 0 Å². The molecule has 1 aromatic rings. The highest BCUT2D eigenvalue weighted by Crippen LogP contribution is 2.69. The lowest BCUT2D eigenvalue weighted by atomic mass is 10.4. The first-order chi connectivity index (χ1) is 8.09. The van der Waals surface area contributed by atoms with Crippen molar-refractivity contribution < 1.29 is 8.42 Å². The summed E-state index contributed by atoms with van der Waals surface area (Å²) in [6.07, 6.45) is 0. The molecule has 1 aliphatic carbocycles. The van der Waals surface area contributed by atoms with Crippen LogP contribution in [0.25, 0.3) is 0 Å². The van der Waals surface area contributed by atoms with Crippen LogP contribution in [0.1, 0.15) is 0 Å². The fourth-order valence-electron chi connectivity index (χ4n) is 2.47. The summed E-state index contributed by atoms with van der Waals surface area (Å²) in [5.74, 6) is 0. The van der Waals surface area contributed by atoms with Gasteiger partial charge in [-0.25, -0.2) is 8.42 Å². The number of benzene rings is 1. The van der Waals surface area contributed by atoms with E-state index in [0.29, 0.717) is 4.90 Å². The van der Waals surface area contributed by atoms with Gasteiger partial charge in [0.1, 0.15) is 0 Å². The van der Waals surface area contributed by atoms with Crippen LogP contribution in [0.2, 0.25) is 25.2 Å². The smallest absolute Gasteiger partial charge is 0.183 e. The number of alkyl halides is 2. The predicted molar refractivity (Wildman–Crippen MR) is 85.1 cm³/mol. The van der Waals surface area contributed by atoms with Crippen LogP contribution in [0.5, 0.6) is 0 Å². The number of sulfone groups is 1. The van der Waals surface area contributed by atoms with Gasteiger partial charge in [0.05, 0.1) is 21.5 Å². The highest BCUT2D eigenvalue weighted by Gasteiger charge is 2.72. The lowest BCUT2D eigenvalue weighted by Gasteiger charge is -2.16. The molecular formula is C12H16Br2O2SSi. The fourth-order valence-corrected chi connectivity index (χ4v) is 15.9. The van der Waals surface area contributed by atoms with Gasteiger partial charge in [0.15, 0.2) is 9.84 Å². The summed E-state index contributed by atoms with van der Waals surface area (Å²) in [5, 5.41) is -0.362. The van der Waals surface area contributed by atoms with E-state index in [2.05, 4.69) is 51.5 Å². The summed E-state index contributed by atoms with van der Waals surface area (Å²) in [6, 6.07) is 8.71. The lowest BCUT2D eigenvalue weighted by Crippen LogP contribution is -2.24. The van der Waals surface area contributed by atoms with E-state index < -0.39 is 21.1 Å². The number of rotatable bonds is 3. The van der Waals surface area contributed by atoms with Crippen molar-refractivity contribution in [1.29, 1.82) is 0 Å². The fraction of sp³-hybridized carbons (Fsp3) is 0.500.